The van der Waals surface area contributed by atoms with E-state index in [0.29, 0.717) is 0 Å². The summed E-state index contributed by atoms with van der Waals surface area (Å²) in [6.07, 6.45) is 0. The normalized spacial score (nSPS) is 12.0. The van der Waals surface area contributed by atoms with Gasteiger partial charge in [0.15, 0.2) is 0 Å². The molecule has 0 unspecified atom stereocenters. The highest BCUT2D eigenvalue weighted by Crippen LogP contribution is 2.49. The van der Waals surface area contributed by atoms with Crippen molar-refractivity contribution in [3.63, 3.8) is 0 Å². The Kier molecular flexibility index (Phi) is 7.18. The molecule has 0 bridgehead atoms. The molecule has 280 valence electrons. The van der Waals surface area contributed by atoms with Crippen LogP contribution in [0.15, 0.2) is 209 Å². The predicted molar refractivity (Wildman–Crippen MR) is 254 cm³/mol. The standard InChI is InChI=1S/C56H33NO2S/c1-3-14-39-34(12-1)28-32-44-52-42(19-9-22-48(52)58-55(39)44)41-16-5-7-20-46(41)57(47-21-11-23-49-54(47)45-33-29-35-13-2-4-15-40(35)56(45)59-49)37-30-26-36(27-31-37)38-18-10-25-51-53(38)43-17-6-8-24-50(43)60-51/h1-33H. The van der Waals surface area contributed by atoms with Gasteiger partial charge in [-0.25, -0.2) is 0 Å². The van der Waals surface area contributed by atoms with Crippen LogP contribution in [0.1, 0.15) is 0 Å². The number of anilines is 3. The summed E-state index contributed by atoms with van der Waals surface area (Å²) in [5, 5.41) is 11.5. The second-order valence-corrected chi connectivity index (χ2v) is 16.6. The van der Waals surface area contributed by atoms with Crippen molar-refractivity contribution < 1.29 is 8.83 Å². The highest BCUT2D eigenvalue weighted by Gasteiger charge is 2.24. The van der Waals surface area contributed by atoms with E-state index in [1.807, 2.05) is 11.3 Å². The number of benzene rings is 10. The Bertz CT molecular complexity index is 3850. The lowest BCUT2D eigenvalue weighted by Gasteiger charge is -2.29. The van der Waals surface area contributed by atoms with E-state index in [1.165, 1.54) is 31.3 Å². The molecule has 3 aromatic heterocycles. The monoisotopic (exact) mass is 783 g/mol. The molecule has 0 radical (unpaired) electrons. The fourth-order valence-corrected chi connectivity index (χ4v) is 10.7. The first-order chi connectivity index (χ1) is 29.8. The van der Waals surface area contributed by atoms with Crippen molar-refractivity contribution in [2.75, 3.05) is 4.90 Å². The Morgan fingerprint density at radius 2 is 0.883 bits per heavy atom. The largest absolute Gasteiger partial charge is 0.455 e. The molecule has 13 aromatic rings. The van der Waals surface area contributed by atoms with E-state index in [0.717, 1.165) is 93.6 Å². The summed E-state index contributed by atoms with van der Waals surface area (Å²) in [6, 6.07) is 71.9. The minimum atomic E-state index is 0.851. The molecule has 0 saturated carbocycles. The highest BCUT2D eigenvalue weighted by atomic mass is 32.1. The number of thiophene rings is 1. The van der Waals surface area contributed by atoms with E-state index >= 15 is 0 Å². The number of rotatable bonds is 5. The van der Waals surface area contributed by atoms with Gasteiger partial charge in [0.2, 0.25) is 0 Å². The second kappa shape index (κ2) is 12.9. The van der Waals surface area contributed by atoms with E-state index < -0.39 is 0 Å². The van der Waals surface area contributed by atoms with Crippen molar-refractivity contribution in [1.82, 2.24) is 0 Å². The number of nitrogens with zero attached hydrogens (tertiary/aromatic N) is 1. The molecule has 0 atom stereocenters. The van der Waals surface area contributed by atoms with Gasteiger partial charge in [-0.2, -0.15) is 0 Å². The first-order valence-electron chi connectivity index (χ1n) is 20.3. The van der Waals surface area contributed by atoms with Gasteiger partial charge in [0, 0.05) is 58.4 Å². The van der Waals surface area contributed by atoms with Gasteiger partial charge in [0.25, 0.3) is 0 Å². The van der Waals surface area contributed by atoms with Crippen LogP contribution < -0.4 is 4.90 Å². The SMILES string of the molecule is c1ccc(N(c2ccc(-c3cccc4sc5ccccc5c34)cc2)c2cccc3oc4c5ccccc5ccc4c23)c(-c2cccc3oc4c5ccccc5ccc4c23)c1. The highest BCUT2D eigenvalue weighted by molar-refractivity contribution is 7.25. The lowest BCUT2D eigenvalue weighted by molar-refractivity contribution is 0.672. The van der Waals surface area contributed by atoms with Crippen molar-refractivity contribution >= 4 is 114 Å². The molecule has 0 aliphatic carbocycles. The summed E-state index contributed by atoms with van der Waals surface area (Å²) in [7, 11) is 0. The van der Waals surface area contributed by atoms with Gasteiger partial charge in [0.05, 0.1) is 16.8 Å². The summed E-state index contributed by atoms with van der Waals surface area (Å²) in [5.74, 6) is 0. The lowest BCUT2D eigenvalue weighted by Crippen LogP contribution is -2.11. The first-order valence-corrected chi connectivity index (χ1v) is 21.1. The second-order valence-electron chi connectivity index (χ2n) is 15.5. The van der Waals surface area contributed by atoms with E-state index in [9.17, 15) is 0 Å². The van der Waals surface area contributed by atoms with Crippen LogP contribution in [0.4, 0.5) is 17.1 Å². The summed E-state index contributed by atoms with van der Waals surface area (Å²) < 4.78 is 16.1. The Labute approximate surface area is 348 Å². The summed E-state index contributed by atoms with van der Waals surface area (Å²) in [6.45, 7) is 0. The Morgan fingerprint density at radius 1 is 0.333 bits per heavy atom. The van der Waals surface area contributed by atoms with Crippen molar-refractivity contribution in [2.24, 2.45) is 0 Å². The molecule has 10 aromatic carbocycles. The molecule has 0 aliphatic rings. The maximum Gasteiger partial charge on any atom is 0.143 e. The molecule has 3 heterocycles. The van der Waals surface area contributed by atoms with Gasteiger partial charge in [-0.1, -0.05) is 140 Å². The van der Waals surface area contributed by atoms with Crippen LogP contribution in [0.25, 0.3) is 108 Å². The fourth-order valence-electron chi connectivity index (χ4n) is 9.61. The average Bonchev–Trinajstić information content (AvgIpc) is 4.02. The molecule has 0 saturated heterocycles. The number of fused-ring (bicyclic) bond motifs is 13. The fraction of sp³-hybridized carbons (Fsp3) is 0. The molecule has 4 heteroatoms. The predicted octanol–water partition coefficient (Wildman–Crippen LogP) is 17.0. The average molecular weight is 784 g/mol. The van der Waals surface area contributed by atoms with E-state index in [-0.39, 0.29) is 0 Å². The van der Waals surface area contributed by atoms with Crippen LogP contribution in [-0.4, -0.2) is 0 Å². The van der Waals surface area contributed by atoms with Crippen LogP contribution in [0.2, 0.25) is 0 Å². The molecule has 13 rings (SSSR count). The van der Waals surface area contributed by atoms with Gasteiger partial charge in [-0.05, 0) is 88.1 Å². The van der Waals surface area contributed by atoms with Crippen LogP contribution >= 0.6 is 11.3 Å². The number of hydrogen-bond donors (Lipinski definition) is 0. The smallest absolute Gasteiger partial charge is 0.143 e. The molecule has 0 aliphatic heterocycles. The summed E-state index contributed by atoms with van der Waals surface area (Å²) >= 11 is 1.85. The number of hydrogen-bond acceptors (Lipinski definition) is 4. The molecule has 60 heavy (non-hydrogen) atoms. The van der Waals surface area contributed by atoms with Crippen LogP contribution in [-0.2, 0) is 0 Å². The molecular formula is C56H33NO2S. The van der Waals surface area contributed by atoms with Gasteiger partial charge >= 0.3 is 0 Å². The zero-order chi connectivity index (χ0) is 39.3. The lowest BCUT2D eigenvalue weighted by atomic mass is 9.95. The third kappa shape index (κ3) is 4.89. The van der Waals surface area contributed by atoms with Gasteiger partial charge < -0.3 is 13.7 Å². The maximum absolute atomic E-state index is 6.78. The topological polar surface area (TPSA) is 29.5 Å². The molecule has 0 spiro atoms. The summed E-state index contributed by atoms with van der Waals surface area (Å²) in [5.41, 5.74) is 11.3. The molecular weight excluding hydrogens is 751 g/mol. The third-order valence-electron chi connectivity index (χ3n) is 12.3. The van der Waals surface area contributed by atoms with Gasteiger partial charge in [-0.15, -0.1) is 11.3 Å². The molecule has 0 fully saturated rings. The first kappa shape index (κ1) is 33.3. The van der Waals surface area contributed by atoms with Crippen LogP contribution in [0.5, 0.6) is 0 Å². The van der Waals surface area contributed by atoms with Gasteiger partial charge in [0.1, 0.15) is 22.3 Å². The van der Waals surface area contributed by atoms with Crippen molar-refractivity contribution in [2.45, 2.75) is 0 Å². The van der Waals surface area contributed by atoms with E-state index in [2.05, 4.69) is 205 Å². The minimum absolute atomic E-state index is 0.851. The van der Waals surface area contributed by atoms with Crippen molar-refractivity contribution in [3.05, 3.63) is 200 Å². The Hall–Kier alpha value is -7.66. The molecule has 0 amide bonds. The number of furan rings is 2. The van der Waals surface area contributed by atoms with E-state index in [4.69, 9.17) is 8.83 Å². The zero-order valence-corrected chi connectivity index (χ0v) is 33.0. The molecule has 3 nitrogen and oxygen atoms in total. The Morgan fingerprint density at radius 3 is 1.65 bits per heavy atom. The van der Waals surface area contributed by atoms with Gasteiger partial charge in [-0.3, -0.25) is 0 Å². The van der Waals surface area contributed by atoms with Crippen molar-refractivity contribution in [1.29, 1.82) is 0 Å². The quantitative estimate of drug-likeness (QED) is 0.174. The summed E-state index contributed by atoms with van der Waals surface area (Å²) in [4.78, 5) is 2.42. The zero-order valence-electron chi connectivity index (χ0n) is 32.2. The maximum atomic E-state index is 6.78. The van der Waals surface area contributed by atoms with Crippen molar-refractivity contribution in [3.8, 4) is 22.3 Å². The third-order valence-corrected chi connectivity index (χ3v) is 13.4. The van der Waals surface area contributed by atoms with E-state index in [1.54, 1.807) is 0 Å². The van der Waals surface area contributed by atoms with Crippen LogP contribution in [0, 0.1) is 0 Å². The number of para-hydroxylation sites is 1. The minimum Gasteiger partial charge on any atom is -0.455 e. The Balaban J connectivity index is 1.07. The molecule has 0 N–H and O–H groups in total. The van der Waals surface area contributed by atoms with Crippen LogP contribution in [0.3, 0.4) is 0 Å².